The zero-order valence-electron chi connectivity index (χ0n) is 12.0. The molecule has 0 aliphatic carbocycles. The molecule has 0 heterocycles. The van der Waals surface area contributed by atoms with E-state index in [1.807, 2.05) is 42.6 Å². The molecule has 0 fully saturated rings. The van der Waals surface area contributed by atoms with Crippen LogP contribution >= 0.6 is 12.2 Å². The van der Waals surface area contributed by atoms with Gasteiger partial charge in [0.2, 0.25) is 0 Å². The summed E-state index contributed by atoms with van der Waals surface area (Å²) in [6, 6.07) is 20.2. The monoisotopic (exact) mass is 297 g/mol. The van der Waals surface area contributed by atoms with Crippen molar-refractivity contribution >= 4 is 29.2 Å². The number of hydrogen-bond donors (Lipinski definition) is 2. The predicted molar refractivity (Wildman–Crippen MR) is 93.8 cm³/mol. The van der Waals surface area contributed by atoms with E-state index in [2.05, 4.69) is 47.0 Å². The lowest BCUT2D eigenvalue weighted by Crippen LogP contribution is -2.23. The number of hydrazone groups is 1. The Hall–Kier alpha value is -2.20. The molecule has 21 heavy (non-hydrogen) atoms. The summed E-state index contributed by atoms with van der Waals surface area (Å²) < 4.78 is 0. The van der Waals surface area contributed by atoms with Gasteiger partial charge in [0.1, 0.15) is 0 Å². The van der Waals surface area contributed by atoms with Gasteiger partial charge in [-0.15, -0.1) is 0 Å². The Kier molecular flexibility index (Phi) is 5.91. The molecular weight excluding hydrogens is 278 g/mol. The summed E-state index contributed by atoms with van der Waals surface area (Å²) >= 11 is 5.17. The minimum Gasteiger partial charge on any atom is -0.331 e. The van der Waals surface area contributed by atoms with Crippen LogP contribution in [0.15, 0.2) is 65.8 Å². The Labute approximate surface area is 131 Å². The van der Waals surface area contributed by atoms with Crippen LogP contribution in [0.1, 0.15) is 24.8 Å². The maximum absolute atomic E-state index is 5.17. The van der Waals surface area contributed by atoms with Crippen LogP contribution in [0, 0.1) is 0 Å². The van der Waals surface area contributed by atoms with E-state index >= 15 is 0 Å². The SMILES string of the molecule is CC(CC=NNC(=S)Nc1ccccc1)c1ccccc1. The molecule has 3 nitrogen and oxygen atoms in total. The topological polar surface area (TPSA) is 36.4 Å². The van der Waals surface area contributed by atoms with Crippen LogP contribution in [0.4, 0.5) is 5.69 Å². The quantitative estimate of drug-likeness (QED) is 0.494. The smallest absolute Gasteiger partial charge is 0.191 e. The third-order valence-corrected chi connectivity index (χ3v) is 3.31. The fourth-order valence-corrected chi connectivity index (χ4v) is 2.08. The van der Waals surface area contributed by atoms with Crippen molar-refractivity contribution in [3.8, 4) is 0 Å². The van der Waals surface area contributed by atoms with Gasteiger partial charge in [0, 0.05) is 11.9 Å². The number of nitrogens with one attached hydrogen (secondary N) is 2. The predicted octanol–water partition coefficient (Wildman–Crippen LogP) is 4.15. The van der Waals surface area contributed by atoms with Gasteiger partial charge in [0.15, 0.2) is 5.11 Å². The molecule has 2 aromatic carbocycles. The van der Waals surface area contributed by atoms with Crippen molar-refractivity contribution in [1.82, 2.24) is 5.43 Å². The van der Waals surface area contributed by atoms with Gasteiger partial charge in [-0.1, -0.05) is 55.5 Å². The summed E-state index contributed by atoms with van der Waals surface area (Å²) in [6.07, 6.45) is 2.72. The van der Waals surface area contributed by atoms with Crippen LogP contribution in [0.25, 0.3) is 0 Å². The van der Waals surface area contributed by atoms with E-state index < -0.39 is 0 Å². The van der Waals surface area contributed by atoms with Crippen molar-refractivity contribution in [2.24, 2.45) is 5.10 Å². The highest BCUT2D eigenvalue weighted by Gasteiger charge is 2.02. The first-order valence-corrected chi connectivity index (χ1v) is 7.35. The van der Waals surface area contributed by atoms with Crippen LogP contribution < -0.4 is 10.7 Å². The lowest BCUT2D eigenvalue weighted by atomic mass is 9.99. The molecule has 108 valence electrons. The molecule has 2 aromatic rings. The third-order valence-electron chi connectivity index (χ3n) is 3.12. The first-order chi connectivity index (χ1) is 10.3. The second-order valence-electron chi connectivity index (χ2n) is 4.79. The van der Waals surface area contributed by atoms with Gasteiger partial charge in [-0.05, 0) is 42.3 Å². The summed E-state index contributed by atoms with van der Waals surface area (Å²) in [5.74, 6) is 0.437. The van der Waals surface area contributed by atoms with Gasteiger partial charge in [-0.3, -0.25) is 5.43 Å². The molecule has 0 aromatic heterocycles. The minimum absolute atomic E-state index is 0.437. The van der Waals surface area contributed by atoms with Gasteiger partial charge in [0.25, 0.3) is 0 Å². The number of anilines is 1. The highest BCUT2D eigenvalue weighted by molar-refractivity contribution is 7.80. The maximum Gasteiger partial charge on any atom is 0.191 e. The largest absolute Gasteiger partial charge is 0.331 e. The van der Waals surface area contributed by atoms with Crippen LogP contribution in [-0.2, 0) is 0 Å². The van der Waals surface area contributed by atoms with Gasteiger partial charge >= 0.3 is 0 Å². The lowest BCUT2D eigenvalue weighted by Gasteiger charge is -2.09. The van der Waals surface area contributed by atoms with Crippen LogP contribution in [0.5, 0.6) is 0 Å². The molecule has 0 aliphatic heterocycles. The maximum atomic E-state index is 5.17. The van der Waals surface area contributed by atoms with Gasteiger partial charge in [-0.25, -0.2) is 0 Å². The Balaban J connectivity index is 1.74. The minimum atomic E-state index is 0.437. The average molecular weight is 297 g/mol. The van der Waals surface area contributed by atoms with E-state index in [1.165, 1.54) is 5.56 Å². The van der Waals surface area contributed by atoms with Gasteiger partial charge in [0.05, 0.1) is 0 Å². The molecule has 1 unspecified atom stereocenters. The Morgan fingerprint density at radius 3 is 2.38 bits per heavy atom. The van der Waals surface area contributed by atoms with Crippen molar-refractivity contribution in [2.45, 2.75) is 19.3 Å². The van der Waals surface area contributed by atoms with E-state index in [0.29, 0.717) is 11.0 Å². The Morgan fingerprint density at radius 1 is 1.10 bits per heavy atom. The molecule has 0 aliphatic rings. The van der Waals surface area contributed by atoms with Crippen molar-refractivity contribution in [3.05, 3.63) is 66.2 Å². The molecule has 4 heteroatoms. The zero-order valence-corrected chi connectivity index (χ0v) is 12.8. The number of rotatable bonds is 5. The lowest BCUT2D eigenvalue weighted by molar-refractivity contribution is 0.808. The van der Waals surface area contributed by atoms with Crippen LogP contribution in [0.3, 0.4) is 0 Å². The van der Waals surface area contributed by atoms with Crippen molar-refractivity contribution in [2.75, 3.05) is 5.32 Å². The highest BCUT2D eigenvalue weighted by Crippen LogP contribution is 2.16. The second kappa shape index (κ2) is 8.17. The molecule has 2 rings (SSSR count). The highest BCUT2D eigenvalue weighted by atomic mass is 32.1. The number of hydrogen-bond acceptors (Lipinski definition) is 2. The molecule has 2 N–H and O–H groups in total. The summed E-state index contributed by atoms with van der Waals surface area (Å²) in [6.45, 7) is 2.18. The molecule has 0 radical (unpaired) electrons. The number of thiocarbonyl (C=S) groups is 1. The molecule has 0 spiro atoms. The number of benzene rings is 2. The number of para-hydroxylation sites is 1. The third kappa shape index (κ3) is 5.36. The first-order valence-electron chi connectivity index (χ1n) is 6.94. The van der Waals surface area contributed by atoms with E-state index in [-0.39, 0.29) is 0 Å². The summed E-state index contributed by atoms with van der Waals surface area (Å²) in [5.41, 5.74) is 5.09. The summed E-state index contributed by atoms with van der Waals surface area (Å²) in [7, 11) is 0. The van der Waals surface area contributed by atoms with E-state index in [9.17, 15) is 0 Å². The van der Waals surface area contributed by atoms with Crippen molar-refractivity contribution in [1.29, 1.82) is 0 Å². The molecule has 0 saturated carbocycles. The van der Waals surface area contributed by atoms with Crippen LogP contribution in [-0.4, -0.2) is 11.3 Å². The number of nitrogens with zero attached hydrogens (tertiary/aromatic N) is 1. The summed E-state index contributed by atoms with van der Waals surface area (Å²) in [5, 5.41) is 7.71. The Morgan fingerprint density at radius 2 is 1.71 bits per heavy atom. The summed E-state index contributed by atoms with van der Waals surface area (Å²) in [4.78, 5) is 0. The molecule has 1 atom stereocenters. The Bertz CT molecular complexity index is 581. The fraction of sp³-hybridized carbons (Fsp3) is 0.176. The molecule has 0 amide bonds. The normalized spacial score (nSPS) is 12.0. The molecule has 0 saturated heterocycles. The standard InChI is InChI=1S/C17H19N3S/c1-14(15-8-4-2-5-9-15)12-13-18-20-17(21)19-16-10-6-3-7-11-16/h2-11,13-14H,12H2,1H3,(H2,19,20,21). The first kappa shape index (κ1) is 15.2. The zero-order chi connectivity index (χ0) is 14.9. The van der Waals surface area contributed by atoms with Gasteiger partial charge < -0.3 is 5.32 Å². The van der Waals surface area contributed by atoms with E-state index in [0.717, 1.165) is 12.1 Å². The van der Waals surface area contributed by atoms with Crippen LogP contribution in [0.2, 0.25) is 0 Å². The van der Waals surface area contributed by atoms with E-state index in [1.54, 1.807) is 0 Å². The van der Waals surface area contributed by atoms with Crippen molar-refractivity contribution in [3.63, 3.8) is 0 Å². The van der Waals surface area contributed by atoms with E-state index in [4.69, 9.17) is 12.2 Å². The second-order valence-corrected chi connectivity index (χ2v) is 5.20. The van der Waals surface area contributed by atoms with Gasteiger partial charge in [-0.2, -0.15) is 5.10 Å². The van der Waals surface area contributed by atoms with Crippen molar-refractivity contribution < 1.29 is 0 Å². The molecular formula is C17H19N3S. The molecule has 0 bridgehead atoms. The fourth-order valence-electron chi connectivity index (χ4n) is 1.91. The average Bonchev–Trinajstić information content (AvgIpc) is 2.53.